The Morgan fingerprint density at radius 2 is 1.11 bits per heavy atom. The smallest absolute Gasteiger partial charge is 0.308 e. The SMILES string of the molecule is O=C(O)C/C(=C\c1cccc(/C=C(\CC(=O)O)c2nc3ccccc3o2)c1)c1nc2ccccc2o1. The Hall–Kier alpha value is -4.98. The van der Waals surface area contributed by atoms with E-state index in [-0.39, 0.29) is 24.6 Å². The maximum Gasteiger partial charge on any atom is 0.308 e. The summed E-state index contributed by atoms with van der Waals surface area (Å²) in [7, 11) is 0. The van der Waals surface area contributed by atoms with Gasteiger partial charge in [0.15, 0.2) is 11.2 Å². The van der Waals surface area contributed by atoms with Crippen LogP contribution in [0, 0.1) is 0 Å². The number of oxazole rings is 2. The van der Waals surface area contributed by atoms with Crippen molar-refractivity contribution in [2.24, 2.45) is 0 Å². The fraction of sp³-hybridized carbons (Fsp3) is 0.0714. The van der Waals surface area contributed by atoms with Gasteiger partial charge in [-0.05, 0) is 53.6 Å². The monoisotopic (exact) mass is 480 g/mol. The zero-order valence-corrected chi connectivity index (χ0v) is 18.9. The average Bonchev–Trinajstić information content (AvgIpc) is 3.47. The average molecular weight is 480 g/mol. The lowest BCUT2D eigenvalue weighted by Gasteiger charge is -2.04. The number of carboxylic acids is 2. The second-order valence-electron chi connectivity index (χ2n) is 8.12. The molecule has 0 aliphatic rings. The number of nitrogens with zero attached hydrogens (tertiary/aromatic N) is 2. The molecule has 2 aromatic heterocycles. The minimum Gasteiger partial charge on any atom is -0.481 e. The Kier molecular flexibility index (Phi) is 6.15. The predicted molar refractivity (Wildman–Crippen MR) is 135 cm³/mol. The fourth-order valence-electron chi connectivity index (χ4n) is 3.86. The highest BCUT2D eigenvalue weighted by Gasteiger charge is 2.16. The van der Waals surface area contributed by atoms with E-state index in [0.717, 1.165) is 0 Å². The van der Waals surface area contributed by atoms with Crippen molar-refractivity contribution < 1.29 is 28.6 Å². The lowest BCUT2D eigenvalue weighted by Crippen LogP contribution is -1.98. The summed E-state index contributed by atoms with van der Waals surface area (Å²) in [5, 5.41) is 18.9. The molecule has 0 saturated carbocycles. The first kappa shape index (κ1) is 22.8. The van der Waals surface area contributed by atoms with E-state index >= 15 is 0 Å². The normalized spacial score (nSPS) is 12.3. The molecule has 0 amide bonds. The first-order valence-corrected chi connectivity index (χ1v) is 11.1. The standard InChI is InChI=1S/C28H20N2O6/c31-25(32)15-19(27-29-21-8-1-3-10-23(21)35-27)13-17-6-5-7-18(12-17)14-20(16-26(33)34)28-30-22-9-2-4-11-24(22)36-28/h1-14H,15-16H2,(H,31,32)(H,33,34)/b19-13+,20-14+. The molecule has 5 rings (SSSR count). The summed E-state index contributed by atoms with van der Waals surface area (Å²) < 4.78 is 11.6. The van der Waals surface area contributed by atoms with E-state index in [0.29, 0.717) is 44.5 Å². The van der Waals surface area contributed by atoms with Crippen LogP contribution in [0.25, 0.3) is 45.5 Å². The minimum atomic E-state index is -1.01. The van der Waals surface area contributed by atoms with Crippen LogP contribution in [0.2, 0.25) is 0 Å². The maximum absolute atomic E-state index is 11.5. The van der Waals surface area contributed by atoms with Gasteiger partial charge >= 0.3 is 11.9 Å². The van der Waals surface area contributed by atoms with Crippen LogP contribution in [-0.4, -0.2) is 32.1 Å². The highest BCUT2D eigenvalue weighted by atomic mass is 16.4. The third-order valence-corrected chi connectivity index (χ3v) is 5.41. The van der Waals surface area contributed by atoms with E-state index in [9.17, 15) is 19.8 Å². The number of aliphatic carboxylic acids is 2. The second kappa shape index (κ2) is 9.71. The molecule has 2 N–H and O–H groups in total. The molecule has 0 saturated heterocycles. The summed E-state index contributed by atoms with van der Waals surface area (Å²) in [6.07, 6.45) is 2.85. The number of rotatable bonds is 8. The van der Waals surface area contributed by atoms with Gasteiger partial charge in [0.25, 0.3) is 0 Å². The molecular weight excluding hydrogens is 460 g/mol. The molecule has 0 spiro atoms. The Balaban J connectivity index is 1.53. The topological polar surface area (TPSA) is 127 Å². The van der Waals surface area contributed by atoms with Gasteiger partial charge in [0, 0.05) is 11.1 Å². The molecular formula is C28H20N2O6. The van der Waals surface area contributed by atoms with E-state index in [2.05, 4.69) is 9.97 Å². The van der Waals surface area contributed by atoms with Gasteiger partial charge in [0.1, 0.15) is 11.0 Å². The van der Waals surface area contributed by atoms with Crippen molar-refractivity contribution >= 4 is 57.4 Å². The van der Waals surface area contributed by atoms with E-state index in [1.165, 1.54) is 0 Å². The Morgan fingerprint density at radius 1 is 0.667 bits per heavy atom. The van der Waals surface area contributed by atoms with E-state index in [1.807, 2.05) is 42.5 Å². The number of carbonyl (C=O) groups is 2. The molecule has 0 radical (unpaired) electrons. The number of benzene rings is 3. The van der Waals surface area contributed by atoms with Crippen molar-refractivity contribution in [1.29, 1.82) is 0 Å². The highest BCUT2D eigenvalue weighted by Crippen LogP contribution is 2.28. The molecule has 0 bridgehead atoms. The van der Waals surface area contributed by atoms with Crippen molar-refractivity contribution in [1.82, 2.24) is 9.97 Å². The van der Waals surface area contributed by atoms with Crippen LogP contribution in [0.1, 0.15) is 35.7 Å². The second-order valence-corrected chi connectivity index (χ2v) is 8.12. The van der Waals surface area contributed by atoms with Gasteiger partial charge in [-0.15, -0.1) is 0 Å². The molecule has 0 aliphatic carbocycles. The number of fused-ring (bicyclic) bond motifs is 2. The summed E-state index contributed by atoms with van der Waals surface area (Å²) >= 11 is 0. The molecule has 5 aromatic rings. The summed E-state index contributed by atoms with van der Waals surface area (Å²) in [5.74, 6) is -1.56. The number of aromatic nitrogens is 2. The van der Waals surface area contributed by atoms with Crippen LogP contribution in [0.15, 0.2) is 81.6 Å². The van der Waals surface area contributed by atoms with Gasteiger partial charge in [-0.1, -0.05) is 42.5 Å². The first-order valence-electron chi connectivity index (χ1n) is 11.1. The van der Waals surface area contributed by atoms with Gasteiger partial charge in [-0.3, -0.25) is 9.59 Å². The Bertz CT molecular complexity index is 1470. The van der Waals surface area contributed by atoms with Crippen molar-refractivity contribution in [3.63, 3.8) is 0 Å². The van der Waals surface area contributed by atoms with E-state index in [1.54, 1.807) is 42.5 Å². The van der Waals surface area contributed by atoms with Crippen LogP contribution in [0.3, 0.4) is 0 Å². The third-order valence-electron chi connectivity index (χ3n) is 5.41. The molecule has 0 fully saturated rings. The third kappa shape index (κ3) is 5.07. The Labute approximate surface area is 204 Å². The summed E-state index contributed by atoms with van der Waals surface area (Å²) in [5.41, 5.74) is 4.63. The van der Waals surface area contributed by atoms with Gasteiger partial charge in [-0.25, -0.2) is 9.97 Å². The van der Waals surface area contributed by atoms with Gasteiger partial charge in [-0.2, -0.15) is 0 Å². The zero-order chi connectivity index (χ0) is 25.1. The molecule has 0 aliphatic heterocycles. The zero-order valence-electron chi connectivity index (χ0n) is 18.9. The highest BCUT2D eigenvalue weighted by molar-refractivity contribution is 5.93. The van der Waals surface area contributed by atoms with Crippen LogP contribution in [-0.2, 0) is 9.59 Å². The number of hydrogen-bond donors (Lipinski definition) is 2. The maximum atomic E-state index is 11.5. The van der Waals surface area contributed by atoms with Crippen molar-refractivity contribution in [2.45, 2.75) is 12.8 Å². The van der Waals surface area contributed by atoms with Crippen molar-refractivity contribution in [3.8, 4) is 0 Å². The van der Waals surface area contributed by atoms with Crippen molar-refractivity contribution in [3.05, 3.63) is 95.7 Å². The van der Waals surface area contributed by atoms with Gasteiger partial charge in [0.05, 0.1) is 12.8 Å². The van der Waals surface area contributed by atoms with Crippen molar-refractivity contribution in [2.75, 3.05) is 0 Å². The molecule has 2 heterocycles. The minimum absolute atomic E-state index is 0.234. The molecule has 8 heteroatoms. The number of hydrogen-bond acceptors (Lipinski definition) is 6. The molecule has 36 heavy (non-hydrogen) atoms. The number of carboxylic acid groups (broad SMARTS) is 2. The van der Waals surface area contributed by atoms with Crippen LogP contribution in [0.4, 0.5) is 0 Å². The fourth-order valence-corrected chi connectivity index (χ4v) is 3.86. The summed E-state index contributed by atoms with van der Waals surface area (Å²) in [4.78, 5) is 31.9. The predicted octanol–water partition coefficient (Wildman–Crippen LogP) is 6.00. The van der Waals surface area contributed by atoms with Crippen LogP contribution >= 0.6 is 0 Å². The van der Waals surface area contributed by atoms with Crippen LogP contribution < -0.4 is 0 Å². The van der Waals surface area contributed by atoms with Crippen LogP contribution in [0.5, 0.6) is 0 Å². The van der Waals surface area contributed by atoms with Gasteiger partial charge in [0.2, 0.25) is 11.8 Å². The van der Waals surface area contributed by atoms with E-state index in [4.69, 9.17) is 8.83 Å². The number of para-hydroxylation sites is 4. The summed E-state index contributed by atoms with van der Waals surface area (Å²) in [6.45, 7) is 0. The lowest BCUT2D eigenvalue weighted by atomic mass is 10.0. The quantitative estimate of drug-likeness (QED) is 0.277. The lowest BCUT2D eigenvalue weighted by molar-refractivity contribution is -0.136. The van der Waals surface area contributed by atoms with E-state index < -0.39 is 11.9 Å². The summed E-state index contributed by atoms with van der Waals surface area (Å²) in [6, 6.07) is 21.7. The Morgan fingerprint density at radius 3 is 1.53 bits per heavy atom. The van der Waals surface area contributed by atoms with Gasteiger partial charge < -0.3 is 19.0 Å². The molecule has 3 aromatic carbocycles. The molecule has 8 nitrogen and oxygen atoms in total. The first-order chi connectivity index (χ1) is 17.4. The molecule has 0 unspecified atom stereocenters. The largest absolute Gasteiger partial charge is 0.481 e. The molecule has 178 valence electrons. The molecule has 0 atom stereocenters.